The number of hydrogen-bond acceptors (Lipinski definition) is 4. The molecule has 0 N–H and O–H groups in total. The molecule has 34 heavy (non-hydrogen) atoms. The number of nitrogens with zero attached hydrogens (tertiary/aromatic N) is 2. The van der Waals surface area contributed by atoms with E-state index in [0.29, 0.717) is 0 Å². The van der Waals surface area contributed by atoms with Crippen LogP contribution in [0.5, 0.6) is 0 Å². The molecule has 4 aromatic carbocycles. The molecule has 0 saturated heterocycles. The molecule has 0 atom stereocenters. The van der Waals surface area contributed by atoms with E-state index < -0.39 is 0 Å². The van der Waals surface area contributed by atoms with Gasteiger partial charge in [-0.15, -0.1) is 23.5 Å². The third-order valence-corrected chi connectivity index (χ3v) is 7.15. The van der Waals surface area contributed by atoms with Gasteiger partial charge in [-0.25, -0.2) is 0 Å². The van der Waals surface area contributed by atoms with E-state index in [-0.39, 0.29) is 0 Å². The fourth-order valence-corrected chi connectivity index (χ4v) is 4.44. The van der Waals surface area contributed by atoms with E-state index in [1.807, 2.05) is 12.4 Å². The third-order valence-electron chi connectivity index (χ3n) is 5.66. The van der Waals surface area contributed by atoms with Crippen LogP contribution in [0.3, 0.4) is 0 Å². The van der Waals surface area contributed by atoms with Crippen LogP contribution in [0.25, 0.3) is 11.1 Å². The molecule has 170 valence electrons. The SMILES string of the molecule is CSc1ccc(C=Nc2ccc(-c3ccc(N=Cc4ccc(SC)cc4)c(C)c3)cc2C)cc1. The van der Waals surface area contributed by atoms with Gasteiger partial charge in [0, 0.05) is 22.2 Å². The van der Waals surface area contributed by atoms with Crippen molar-refractivity contribution in [2.24, 2.45) is 9.98 Å². The van der Waals surface area contributed by atoms with E-state index in [1.54, 1.807) is 23.5 Å². The molecule has 0 radical (unpaired) electrons. The second-order valence-electron chi connectivity index (χ2n) is 8.07. The zero-order valence-electron chi connectivity index (χ0n) is 19.9. The maximum atomic E-state index is 4.71. The van der Waals surface area contributed by atoms with E-state index in [2.05, 4.69) is 111 Å². The second-order valence-corrected chi connectivity index (χ2v) is 9.82. The second kappa shape index (κ2) is 11.4. The Kier molecular flexibility index (Phi) is 8.04. The molecule has 0 aliphatic rings. The molecule has 0 aliphatic heterocycles. The highest BCUT2D eigenvalue weighted by molar-refractivity contribution is 7.98. The van der Waals surface area contributed by atoms with Crippen molar-refractivity contribution in [3.8, 4) is 11.1 Å². The van der Waals surface area contributed by atoms with Crippen molar-refractivity contribution in [3.63, 3.8) is 0 Å². The fourth-order valence-electron chi connectivity index (χ4n) is 3.63. The van der Waals surface area contributed by atoms with Crippen LogP contribution in [0, 0.1) is 13.8 Å². The number of hydrogen-bond donors (Lipinski definition) is 0. The number of thioether (sulfide) groups is 2. The lowest BCUT2D eigenvalue weighted by atomic mass is 10.00. The van der Waals surface area contributed by atoms with Crippen molar-refractivity contribution < 1.29 is 0 Å². The lowest BCUT2D eigenvalue weighted by Crippen LogP contribution is -1.85. The molecule has 4 heteroatoms. The van der Waals surface area contributed by atoms with Gasteiger partial charge in [0.2, 0.25) is 0 Å². The number of aliphatic imine (C=N–C) groups is 2. The quantitative estimate of drug-likeness (QED) is 0.195. The van der Waals surface area contributed by atoms with Crippen molar-refractivity contribution in [3.05, 3.63) is 107 Å². The van der Waals surface area contributed by atoms with E-state index in [9.17, 15) is 0 Å². The summed E-state index contributed by atoms with van der Waals surface area (Å²) >= 11 is 3.49. The predicted molar refractivity (Wildman–Crippen MR) is 152 cm³/mol. The molecule has 0 bridgehead atoms. The Balaban J connectivity index is 1.49. The Labute approximate surface area is 211 Å². The average molecular weight is 481 g/mol. The number of benzene rings is 4. The lowest BCUT2D eigenvalue weighted by molar-refractivity contribution is 1.38. The van der Waals surface area contributed by atoms with Gasteiger partial charge in [0.25, 0.3) is 0 Å². The van der Waals surface area contributed by atoms with Gasteiger partial charge in [0.05, 0.1) is 11.4 Å². The normalized spacial score (nSPS) is 11.5. The minimum absolute atomic E-state index is 0.989. The Morgan fingerprint density at radius 3 is 1.24 bits per heavy atom. The third kappa shape index (κ3) is 6.07. The minimum Gasteiger partial charge on any atom is -0.256 e. The van der Waals surface area contributed by atoms with Gasteiger partial charge in [0.15, 0.2) is 0 Å². The topological polar surface area (TPSA) is 24.7 Å². The highest BCUT2D eigenvalue weighted by Gasteiger charge is 2.05. The van der Waals surface area contributed by atoms with Crippen molar-refractivity contribution in [2.75, 3.05) is 12.5 Å². The summed E-state index contributed by atoms with van der Waals surface area (Å²) in [5.74, 6) is 0. The Morgan fingerprint density at radius 1 is 0.529 bits per heavy atom. The monoisotopic (exact) mass is 480 g/mol. The summed E-state index contributed by atoms with van der Waals surface area (Å²) in [5, 5.41) is 0. The molecule has 2 nitrogen and oxygen atoms in total. The van der Waals surface area contributed by atoms with Gasteiger partial charge in [0.1, 0.15) is 0 Å². The van der Waals surface area contributed by atoms with Crippen molar-refractivity contribution in [1.82, 2.24) is 0 Å². The first kappa shape index (κ1) is 24.1. The summed E-state index contributed by atoms with van der Waals surface area (Å²) in [6.07, 6.45) is 8.03. The Bertz CT molecular complexity index is 1220. The van der Waals surface area contributed by atoms with Crippen LogP contribution < -0.4 is 0 Å². The standard InChI is InChI=1S/C30H28N2S2/c1-21-17-25(9-15-29(21)31-19-23-5-11-27(33-3)12-6-23)26-10-16-30(22(2)18-26)32-20-24-7-13-28(34-4)14-8-24/h5-20H,1-4H3. The minimum atomic E-state index is 0.989. The number of aryl methyl sites for hydroxylation is 2. The predicted octanol–water partition coefficient (Wildman–Crippen LogP) is 8.92. The maximum Gasteiger partial charge on any atom is 0.0659 e. The Hall–Kier alpha value is -3.08. The largest absolute Gasteiger partial charge is 0.256 e. The van der Waals surface area contributed by atoms with Gasteiger partial charge in [-0.1, -0.05) is 36.4 Å². The first-order chi connectivity index (χ1) is 16.6. The number of rotatable bonds is 7. The Morgan fingerprint density at radius 2 is 0.912 bits per heavy atom. The molecule has 0 aromatic heterocycles. The summed E-state index contributed by atoms with van der Waals surface area (Å²) < 4.78 is 0. The molecule has 4 rings (SSSR count). The zero-order chi connectivity index (χ0) is 23.9. The molecular formula is C30H28N2S2. The van der Waals surface area contributed by atoms with Crippen LogP contribution in [-0.2, 0) is 0 Å². The zero-order valence-corrected chi connectivity index (χ0v) is 21.6. The summed E-state index contributed by atoms with van der Waals surface area (Å²) in [4.78, 5) is 11.9. The van der Waals surface area contributed by atoms with E-state index >= 15 is 0 Å². The summed E-state index contributed by atoms with van der Waals surface area (Å²) in [5.41, 5.74) is 8.87. The smallest absolute Gasteiger partial charge is 0.0659 e. The first-order valence-corrected chi connectivity index (χ1v) is 13.6. The summed E-state index contributed by atoms with van der Waals surface area (Å²) in [6, 6.07) is 29.8. The van der Waals surface area contributed by atoms with E-state index in [4.69, 9.17) is 9.98 Å². The van der Waals surface area contributed by atoms with Crippen molar-refractivity contribution in [1.29, 1.82) is 0 Å². The van der Waals surface area contributed by atoms with Gasteiger partial charge in [-0.3, -0.25) is 9.98 Å². The van der Waals surface area contributed by atoms with E-state index in [1.165, 1.54) is 20.9 Å². The van der Waals surface area contributed by atoms with Crippen LogP contribution in [0.2, 0.25) is 0 Å². The van der Waals surface area contributed by atoms with Crippen LogP contribution in [-0.4, -0.2) is 24.9 Å². The van der Waals surface area contributed by atoms with E-state index in [0.717, 1.165) is 33.6 Å². The van der Waals surface area contributed by atoms with Crippen LogP contribution in [0.4, 0.5) is 11.4 Å². The van der Waals surface area contributed by atoms with Crippen LogP contribution in [0.15, 0.2) is 105 Å². The molecule has 0 heterocycles. The van der Waals surface area contributed by atoms with Crippen molar-refractivity contribution >= 4 is 47.3 Å². The molecule has 0 fully saturated rings. The van der Waals surface area contributed by atoms with Crippen LogP contribution in [0.1, 0.15) is 22.3 Å². The van der Waals surface area contributed by atoms with Crippen molar-refractivity contribution in [2.45, 2.75) is 23.6 Å². The average Bonchev–Trinajstić information content (AvgIpc) is 2.88. The maximum absolute atomic E-state index is 4.71. The summed E-state index contributed by atoms with van der Waals surface area (Å²) in [6.45, 7) is 4.22. The van der Waals surface area contributed by atoms with Gasteiger partial charge in [-0.05, 0) is 108 Å². The van der Waals surface area contributed by atoms with Gasteiger partial charge < -0.3 is 0 Å². The molecule has 0 amide bonds. The highest BCUT2D eigenvalue weighted by Crippen LogP contribution is 2.30. The molecule has 0 aliphatic carbocycles. The molecule has 0 unspecified atom stereocenters. The molecular weight excluding hydrogens is 452 g/mol. The van der Waals surface area contributed by atoms with Gasteiger partial charge >= 0.3 is 0 Å². The fraction of sp³-hybridized carbons (Fsp3) is 0.133. The van der Waals surface area contributed by atoms with Crippen LogP contribution >= 0.6 is 23.5 Å². The molecule has 0 spiro atoms. The highest BCUT2D eigenvalue weighted by atomic mass is 32.2. The van der Waals surface area contributed by atoms with Gasteiger partial charge in [-0.2, -0.15) is 0 Å². The lowest BCUT2D eigenvalue weighted by Gasteiger charge is -2.08. The molecule has 4 aromatic rings. The summed E-state index contributed by atoms with van der Waals surface area (Å²) in [7, 11) is 0. The molecule has 0 saturated carbocycles. The first-order valence-electron chi connectivity index (χ1n) is 11.1.